The normalized spacial score (nSPS) is 19.1. The molecule has 0 radical (unpaired) electrons. The van der Waals surface area contributed by atoms with Crippen LogP contribution in [-0.4, -0.2) is 43.2 Å². The largest absolute Gasteiger partial charge is 0.385 e. The van der Waals surface area contributed by atoms with E-state index in [-0.39, 0.29) is 11.4 Å². The number of likely N-dealkylation sites (tertiary alicyclic amines) is 1. The summed E-state index contributed by atoms with van der Waals surface area (Å²) in [5, 5.41) is 0. The number of hydrogen-bond acceptors (Lipinski definition) is 3. The molecule has 1 rings (SSSR count). The molecule has 0 aliphatic carbocycles. The molecule has 1 fully saturated rings. The number of carbonyl (C=O) groups excluding carboxylic acids is 1. The number of carbonyl (C=O) groups is 1. The Morgan fingerprint density at radius 3 is 2.60 bits per heavy atom. The van der Waals surface area contributed by atoms with Crippen LogP contribution in [0.1, 0.15) is 26.7 Å². The molecule has 0 atom stereocenters. The fraction of sp³-hybridized carbons (Fsp3) is 0.909. The van der Waals surface area contributed by atoms with Crippen molar-refractivity contribution in [2.24, 2.45) is 11.7 Å². The van der Waals surface area contributed by atoms with Gasteiger partial charge >= 0.3 is 0 Å². The Labute approximate surface area is 91.8 Å². The highest BCUT2D eigenvalue weighted by Crippen LogP contribution is 2.26. The van der Waals surface area contributed by atoms with Crippen molar-refractivity contribution in [2.75, 3.05) is 26.8 Å². The van der Waals surface area contributed by atoms with Gasteiger partial charge in [0.25, 0.3) is 0 Å². The zero-order chi connectivity index (χ0) is 11.5. The Hall–Kier alpha value is -0.610. The molecule has 4 heteroatoms. The summed E-state index contributed by atoms with van der Waals surface area (Å²) >= 11 is 0. The molecule has 15 heavy (non-hydrogen) atoms. The SMILES string of the molecule is COCCCC(=O)N1CC(N)(C(C)C)C1. The average Bonchev–Trinajstić information content (AvgIpc) is 2.12. The molecule has 0 aromatic rings. The number of methoxy groups -OCH3 is 1. The van der Waals surface area contributed by atoms with Gasteiger partial charge in [-0.05, 0) is 12.3 Å². The van der Waals surface area contributed by atoms with Gasteiger partial charge in [0.05, 0.1) is 5.54 Å². The monoisotopic (exact) mass is 214 g/mol. The summed E-state index contributed by atoms with van der Waals surface area (Å²) in [4.78, 5) is 13.5. The van der Waals surface area contributed by atoms with Gasteiger partial charge in [0.15, 0.2) is 0 Å². The van der Waals surface area contributed by atoms with E-state index in [1.807, 2.05) is 4.90 Å². The lowest BCUT2D eigenvalue weighted by Gasteiger charge is -2.50. The Morgan fingerprint density at radius 1 is 1.53 bits per heavy atom. The molecule has 0 bridgehead atoms. The molecule has 2 N–H and O–H groups in total. The van der Waals surface area contributed by atoms with E-state index in [0.717, 1.165) is 6.42 Å². The molecular formula is C11H22N2O2. The highest BCUT2D eigenvalue weighted by molar-refractivity contribution is 5.77. The van der Waals surface area contributed by atoms with Crippen molar-refractivity contribution in [1.29, 1.82) is 0 Å². The van der Waals surface area contributed by atoms with E-state index in [1.165, 1.54) is 0 Å². The van der Waals surface area contributed by atoms with Crippen LogP contribution < -0.4 is 5.73 Å². The molecule has 1 amide bonds. The summed E-state index contributed by atoms with van der Waals surface area (Å²) < 4.78 is 4.91. The first-order valence-corrected chi connectivity index (χ1v) is 5.55. The van der Waals surface area contributed by atoms with E-state index < -0.39 is 0 Å². The minimum atomic E-state index is -0.156. The van der Waals surface area contributed by atoms with Gasteiger partial charge in [-0.25, -0.2) is 0 Å². The fourth-order valence-electron chi connectivity index (χ4n) is 1.73. The maximum Gasteiger partial charge on any atom is 0.222 e. The molecule has 0 unspecified atom stereocenters. The summed E-state index contributed by atoms with van der Waals surface area (Å²) in [5.74, 6) is 0.634. The smallest absolute Gasteiger partial charge is 0.222 e. The van der Waals surface area contributed by atoms with E-state index >= 15 is 0 Å². The second kappa shape index (κ2) is 4.94. The van der Waals surface area contributed by atoms with Crippen LogP contribution in [0.3, 0.4) is 0 Å². The van der Waals surface area contributed by atoms with Crippen LogP contribution in [0.4, 0.5) is 0 Å². The van der Waals surface area contributed by atoms with E-state index in [2.05, 4.69) is 13.8 Å². The summed E-state index contributed by atoms with van der Waals surface area (Å²) in [5.41, 5.74) is 5.95. The summed E-state index contributed by atoms with van der Waals surface area (Å²) in [7, 11) is 1.65. The van der Waals surface area contributed by atoms with E-state index in [9.17, 15) is 4.79 Å². The Kier molecular flexibility index (Phi) is 4.11. The number of amides is 1. The van der Waals surface area contributed by atoms with Gasteiger partial charge in [-0.2, -0.15) is 0 Å². The van der Waals surface area contributed by atoms with Crippen molar-refractivity contribution < 1.29 is 9.53 Å². The third-order valence-corrected chi connectivity index (χ3v) is 3.21. The van der Waals surface area contributed by atoms with E-state index in [4.69, 9.17) is 10.5 Å². The lowest BCUT2D eigenvalue weighted by molar-refractivity contribution is -0.140. The molecule has 1 aliphatic heterocycles. The molecule has 0 saturated carbocycles. The van der Waals surface area contributed by atoms with Gasteiger partial charge < -0.3 is 15.4 Å². The number of hydrogen-bond donors (Lipinski definition) is 1. The van der Waals surface area contributed by atoms with Crippen molar-refractivity contribution >= 4 is 5.91 Å². The van der Waals surface area contributed by atoms with Crippen LogP contribution in [-0.2, 0) is 9.53 Å². The van der Waals surface area contributed by atoms with Gasteiger partial charge in [-0.1, -0.05) is 13.8 Å². The minimum Gasteiger partial charge on any atom is -0.385 e. The van der Waals surface area contributed by atoms with Gasteiger partial charge in [-0.15, -0.1) is 0 Å². The van der Waals surface area contributed by atoms with Gasteiger partial charge in [0.1, 0.15) is 0 Å². The molecule has 1 heterocycles. The fourth-order valence-corrected chi connectivity index (χ4v) is 1.73. The highest BCUT2D eigenvalue weighted by atomic mass is 16.5. The standard InChI is InChI=1S/C11H22N2O2/c1-9(2)11(12)7-13(8-11)10(14)5-4-6-15-3/h9H,4-8,12H2,1-3H3. The quantitative estimate of drug-likeness (QED) is 0.682. The molecule has 0 spiro atoms. The van der Waals surface area contributed by atoms with Crippen molar-refractivity contribution in [2.45, 2.75) is 32.2 Å². The van der Waals surface area contributed by atoms with Gasteiger partial charge in [-0.3, -0.25) is 4.79 Å². The maximum absolute atomic E-state index is 11.6. The van der Waals surface area contributed by atoms with Crippen molar-refractivity contribution in [3.8, 4) is 0 Å². The van der Waals surface area contributed by atoms with Crippen molar-refractivity contribution in [1.82, 2.24) is 4.90 Å². The zero-order valence-electron chi connectivity index (χ0n) is 9.95. The molecular weight excluding hydrogens is 192 g/mol. The first kappa shape index (κ1) is 12.5. The third kappa shape index (κ3) is 2.92. The molecule has 4 nitrogen and oxygen atoms in total. The van der Waals surface area contributed by atoms with E-state index in [0.29, 0.717) is 32.0 Å². The predicted octanol–water partition coefficient (Wildman–Crippen LogP) is 0.609. The minimum absolute atomic E-state index is 0.156. The van der Waals surface area contributed by atoms with Crippen LogP contribution >= 0.6 is 0 Å². The molecule has 1 aliphatic rings. The second-order valence-electron chi connectivity index (χ2n) is 4.73. The van der Waals surface area contributed by atoms with Gasteiger partial charge in [0.2, 0.25) is 5.91 Å². The molecule has 0 aromatic heterocycles. The second-order valence-corrected chi connectivity index (χ2v) is 4.73. The van der Waals surface area contributed by atoms with Crippen LogP contribution in [0, 0.1) is 5.92 Å². The lowest BCUT2D eigenvalue weighted by atomic mass is 9.80. The number of nitrogens with zero attached hydrogens (tertiary/aromatic N) is 1. The molecule has 88 valence electrons. The van der Waals surface area contributed by atoms with Crippen LogP contribution in [0.25, 0.3) is 0 Å². The molecule has 0 aromatic carbocycles. The van der Waals surface area contributed by atoms with E-state index in [1.54, 1.807) is 7.11 Å². The van der Waals surface area contributed by atoms with Crippen molar-refractivity contribution in [3.63, 3.8) is 0 Å². The number of ether oxygens (including phenoxy) is 1. The Balaban J connectivity index is 2.23. The lowest BCUT2D eigenvalue weighted by Crippen LogP contribution is -2.71. The average molecular weight is 214 g/mol. The number of rotatable bonds is 5. The summed E-state index contributed by atoms with van der Waals surface area (Å²) in [6, 6.07) is 0. The Morgan fingerprint density at radius 2 is 2.13 bits per heavy atom. The summed E-state index contributed by atoms with van der Waals surface area (Å²) in [6.45, 7) is 6.27. The highest BCUT2D eigenvalue weighted by Gasteiger charge is 2.43. The summed E-state index contributed by atoms with van der Waals surface area (Å²) in [6.07, 6.45) is 1.37. The predicted molar refractivity (Wildman–Crippen MR) is 59.4 cm³/mol. The maximum atomic E-state index is 11.6. The van der Waals surface area contributed by atoms with Gasteiger partial charge in [0, 0.05) is 33.2 Å². The van der Waals surface area contributed by atoms with Crippen LogP contribution in [0.15, 0.2) is 0 Å². The topological polar surface area (TPSA) is 55.6 Å². The number of nitrogens with two attached hydrogens (primary N) is 1. The third-order valence-electron chi connectivity index (χ3n) is 3.21. The van der Waals surface area contributed by atoms with Crippen LogP contribution in [0.5, 0.6) is 0 Å². The Bertz CT molecular complexity index is 223. The zero-order valence-corrected chi connectivity index (χ0v) is 9.95. The van der Waals surface area contributed by atoms with Crippen LogP contribution in [0.2, 0.25) is 0 Å². The molecule has 1 saturated heterocycles. The first-order chi connectivity index (χ1) is 6.99. The van der Waals surface area contributed by atoms with Crippen molar-refractivity contribution in [3.05, 3.63) is 0 Å². The first-order valence-electron chi connectivity index (χ1n) is 5.55.